The predicted molar refractivity (Wildman–Crippen MR) is 97.3 cm³/mol. The summed E-state index contributed by atoms with van der Waals surface area (Å²) in [5.74, 6) is -0.0788. The van der Waals surface area contributed by atoms with E-state index < -0.39 is 12.2 Å². The van der Waals surface area contributed by atoms with E-state index in [1.165, 1.54) is 6.20 Å². The summed E-state index contributed by atoms with van der Waals surface area (Å²) < 4.78 is 37.9. The van der Waals surface area contributed by atoms with Crippen LogP contribution in [0.4, 0.5) is 19.1 Å². The first-order valence-corrected chi connectivity index (χ1v) is 7.86. The number of hydrogen-bond acceptors (Lipinski definition) is 5. The van der Waals surface area contributed by atoms with Gasteiger partial charge in [-0.15, -0.1) is 0 Å². The molecule has 1 aromatic rings. The average molecular weight is 363 g/mol. The molecule has 0 saturated carbocycles. The number of alkyl halides is 3. The Hall–Kier alpha value is -2.90. The Morgan fingerprint density at radius 1 is 1.42 bits per heavy atom. The number of nitrogens with one attached hydrogen (secondary N) is 1. The summed E-state index contributed by atoms with van der Waals surface area (Å²) >= 11 is 0. The van der Waals surface area contributed by atoms with Gasteiger partial charge in [-0.1, -0.05) is 13.2 Å². The van der Waals surface area contributed by atoms with Crippen LogP contribution in [0.3, 0.4) is 0 Å². The molecule has 1 atom stereocenters. The van der Waals surface area contributed by atoms with Crippen molar-refractivity contribution >= 4 is 17.7 Å². The maximum absolute atomic E-state index is 12.6. The largest absolute Gasteiger partial charge is 0.408 e. The summed E-state index contributed by atoms with van der Waals surface area (Å²) in [4.78, 5) is 8.10. The van der Waals surface area contributed by atoms with Gasteiger partial charge in [0.25, 0.3) is 0 Å². The normalized spacial score (nSPS) is 16.0. The highest BCUT2D eigenvalue weighted by Gasteiger charge is 2.36. The van der Waals surface area contributed by atoms with E-state index in [1.54, 1.807) is 31.3 Å². The molecule has 0 bridgehead atoms. The van der Waals surface area contributed by atoms with Gasteiger partial charge in [0.05, 0.1) is 11.4 Å². The Morgan fingerprint density at radius 3 is 2.65 bits per heavy atom. The predicted octanol–water partition coefficient (Wildman–Crippen LogP) is 4.44. The molecule has 1 unspecified atom stereocenters. The number of rotatable bonds is 5. The van der Waals surface area contributed by atoms with Gasteiger partial charge in [-0.05, 0) is 44.1 Å². The van der Waals surface area contributed by atoms with E-state index in [9.17, 15) is 13.2 Å². The van der Waals surface area contributed by atoms with Crippen LogP contribution in [0.2, 0.25) is 0 Å². The highest BCUT2D eigenvalue weighted by atomic mass is 19.4. The van der Waals surface area contributed by atoms with Gasteiger partial charge < -0.3 is 5.32 Å². The minimum Gasteiger partial charge on any atom is -0.343 e. The number of anilines is 1. The molecule has 2 rings (SSSR count). The Kier molecular flexibility index (Phi) is 5.64. The van der Waals surface area contributed by atoms with Crippen molar-refractivity contribution in [1.82, 2.24) is 15.0 Å². The molecule has 5 nitrogen and oxygen atoms in total. The van der Waals surface area contributed by atoms with Gasteiger partial charge in [0.15, 0.2) is 0 Å². The zero-order valence-corrected chi connectivity index (χ0v) is 14.8. The zero-order valence-electron chi connectivity index (χ0n) is 14.8. The summed E-state index contributed by atoms with van der Waals surface area (Å²) in [6.45, 7) is 12.5. The fraction of sp³-hybridized carbons (Fsp3) is 0.278. The van der Waals surface area contributed by atoms with Crippen LogP contribution >= 0.6 is 0 Å². The number of halogens is 3. The highest BCUT2D eigenvalue weighted by Crippen LogP contribution is 2.29. The van der Waals surface area contributed by atoms with Crippen molar-refractivity contribution in [1.29, 1.82) is 0 Å². The van der Waals surface area contributed by atoms with Gasteiger partial charge in [0.1, 0.15) is 6.04 Å². The molecule has 0 aromatic carbocycles. The molecule has 0 radical (unpaired) electrons. The summed E-state index contributed by atoms with van der Waals surface area (Å²) in [6.07, 6.45) is 4.12. The third-order valence-electron chi connectivity index (χ3n) is 3.74. The second-order valence-electron chi connectivity index (χ2n) is 5.70. The van der Waals surface area contributed by atoms with Crippen molar-refractivity contribution in [3.8, 4) is 0 Å². The maximum Gasteiger partial charge on any atom is 0.408 e. The van der Waals surface area contributed by atoms with E-state index in [2.05, 4.69) is 33.5 Å². The van der Waals surface area contributed by atoms with Crippen LogP contribution in [0.5, 0.6) is 0 Å². The standard InChI is InChI=1S/C18H20F3N5/c1-6-23-26-8-7-15(9-11(26)2)12(3)16-10-22-17(24-13(16)4)25-14(5)18(19,20)21/h6-10,14H,2-3H2,1,4-5H3,(H,22,24,25)/b23-6-. The summed E-state index contributed by atoms with van der Waals surface area (Å²) in [5, 5.41) is 8.00. The Morgan fingerprint density at radius 2 is 2.12 bits per heavy atom. The van der Waals surface area contributed by atoms with Crippen LogP contribution in [0.25, 0.3) is 5.57 Å². The molecule has 1 N–H and O–H groups in total. The molecule has 8 heteroatoms. The lowest BCUT2D eigenvalue weighted by Crippen LogP contribution is -2.33. The summed E-state index contributed by atoms with van der Waals surface area (Å²) in [6, 6.07) is -1.74. The number of nitrogens with zero attached hydrogens (tertiary/aromatic N) is 4. The smallest absolute Gasteiger partial charge is 0.343 e. The van der Waals surface area contributed by atoms with Crippen molar-refractivity contribution in [2.24, 2.45) is 5.10 Å². The molecule has 2 heterocycles. The van der Waals surface area contributed by atoms with Gasteiger partial charge in [-0.3, -0.25) is 0 Å². The van der Waals surface area contributed by atoms with Crippen LogP contribution in [-0.4, -0.2) is 33.4 Å². The first-order valence-electron chi connectivity index (χ1n) is 7.86. The molecule has 0 spiro atoms. The Labute approximate surface area is 150 Å². The van der Waals surface area contributed by atoms with Gasteiger partial charge in [-0.2, -0.15) is 18.3 Å². The van der Waals surface area contributed by atoms with Gasteiger partial charge in [0.2, 0.25) is 5.95 Å². The van der Waals surface area contributed by atoms with Crippen molar-refractivity contribution in [2.45, 2.75) is 33.0 Å². The Balaban J connectivity index is 2.20. The summed E-state index contributed by atoms with van der Waals surface area (Å²) in [5.41, 5.74) is 3.28. The van der Waals surface area contributed by atoms with Crippen molar-refractivity contribution in [3.63, 3.8) is 0 Å². The van der Waals surface area contributed by atoms with Crippen molar-refractivity contribution in [2.75, 3.05) is 5.32 Å². The molecule has 0 saturated heterocycles. The molecule has 1 aromatic heterocycles. The number of aromatic nitrogens is 2. The summed E-state index contributed by atoms with van der Waals surface area (Å²) in [7, 11) is 0. The van der Waals surface area contributed by atoms with Crippen LogP contribution in [0.15, 0.2) is 54.1 Å². The van der Waals surface area contributed by atoms with E-state index >= 15 is 0 Å². The first kappa shape index (κ1) is 19.4. The van der Waals surface area contributed by atoms with Crippen LogP contribution in [0, 0.1) is 6.92 Å². The molecule has 1 aliphatic rings. The van der Waals surface area contributed by atoms with E-state index in [-0.39, 0.29) is 5.95 Å². The molecule has 0 amide bonds. The van der Waals surface area contributed by atoms with Gasteiger partial charge in [-0.25, -0.2) is 15.0 Å². The topological polar surface area (TPSA) is 53.4 Å². The lowest BCUT2D eigenvalue weighted by Gasteiger charge is -2.21. The fourth-order valence-corrected chi connectivity index (χ4v) is 2.23. The highest BCUT2D eigenvalue weighted by molar-refractivity contribution is 5.82. The van der Waals surface area contributed by atoms with Gasteiger partial charge >= 0.3 is 6.18 Å². The molecular weight excluding hydrogens is 343 g/mol. The van der Waals surface area contributed by atoms with E-state index in [1.807, 2.05) is 12.2 Å². The van der Waals surface area contributed by atoms with Crippen LogP contribution in [0.1, 0.15) is 25.1 Å². The third-order valence-corrected chi connectivity index (χ3v) is 3.74. The zero-order chi connectivity index (χ0) is 19.5. The maximum atomic E-state index is 12.6. The molecule has 138 valence electrons. The lowest BCUT2D eigenvalue weighted by molar-refractivity contribution is -0.138. The molecule has 26 heavy (non-hydrogen) atoms. The Bertz CT molecular complexity index is 806. The number of hydrogen-bond donors (Lipinski definition) is 1. The van der Waals surface area contributed by atoms with Crippen LogP contribution < -0.4 is 5.32 Å². The molecule has 0 aliphatic carbocycles. The minimum atomic E-state index is -4.37. The molecule has 1 aliphatic heterocycles. The van der Waals surface area contributed by atoms with Crippen molar-refractivity contribution < 1.29 is 13.2 Å². The van der Waals surface area contributed by atoms with Crippen molar-refractivity contribution in [3.05, 3.63) is 60.2 Å². The monoisotopic (exact) mass is 363 g/mol. The fourth-order valence-electron chi connectivity index (χ4n) is 2.23. The second-order valence-corrected chi connectivity index (χ2v) is 5.70. The third kappa shape index (κ3) is 4.38. The van der Waals surface area contributed by atoms with E-state index in [0.29, 0.717) is 22.5 Å². The molecule has 0 fully saturated rings. The van der Waals surface area contributed by atoms with Crippen LogP contribution in [-0.2, 0) is 0 Å². The molecular formula is C18H20F3N5. The second kappa shape index (κ2) is 7.55. The number of aryl methyl sites for hydroxylation is 1. The first-order chi connectivity index (χ1) is 12.1. The quantitative estimate of drug-likeness (QED) is 0.786. The SMILES string of the molecule is C=C(C1=CC(=C)N(/N=C\C)C=C1)c1cnc(NC(C)C(F)(F)F)nc1C. The minimum absolute atomic E-state index is 0.0788. The average Bonchev–Trinajstić information content (AvgIpc) is 2.55. The van der Waals surface area contributed by atoms with E-state index in [4.69, 9.17) is 0 Å². The number of hydrazone groups is 1. The number of allylic oxidation sites excluding steroid dienone is 4. The van der Waals surface area contributed by atoms with E-state index in [0.717, 1.165) is 12.5 Å². The van der Waals surface area contributed by atoms with Gasteiger partial charge in [0, 0.05) is 24.2 Å². The lowest BCUT2D eigenvalue weighted by atomic mass is 9.97.